The second-order valence-corrected chi connectivity index (χ2v) is 15.6. The zero-order valence-corrected chi connectivity index (χ0v) is 32.3. The molecule has 10 aromatic rings. The Balaban J connectivity index is 1.13. The number of nitrogens with zero attached hydrogens (tertiary/aromatic N) is 4. The summed E-state index contributed by atoms with van der Waals surface area (Å²) in [5, 5.41) is 0.378. The Bertz CT molecular complexity index is 3390. The van der Waals surface area contributed by atoms with Gasteiger partial charge in [0.25, 0.3) is 6.33 Å². The van der Waals surface area contributed by atoms with Gasteiger partial charge in [-0.05, 0) is 88.1 Å². The highest BCUT2D eigenvalue weighted by Gasteiger charge is 2.20. The van der Waals surface area contributed by atoms with E-state index in [1.165, 1.54) is 0 Å². The topological polar surface area (TPSA) is 35.9 Å². The molecule has 0 radical (unpaired) electrons. The molecule has 0 spiro atoms. The number of benzene rings is 7. The van der Waals surface area contributed by atoms with Crippen LogP contribution < -0.4 is 9.30 Å². The highest BCUT2D eigenvalue weighted by Crippen LogP contribution is 2.37. The predicted molar refractivity (Wildman–Crippen MR) is 236 cm³/mol. The van der Waals surface area contributed by atoms with Gasteiger partial charge < -0.3 is 4.74 Å². The lowest BCUT2D eigenvalue weighted by Crippen LogP contribution is -2.31. The first kappa shape index (κ1) is 29.1. The summed E-state index contributed by atoms with van der Waals surface area (Å²) in [5.41, 5.74) is 9.36. The van der Waals surface area contributed by atoms with Crippen LogP contribution in [0.3, 0.4) is 0 Å². The van der Waals surface area contributed by atoms with E-state index >= 15 is 0 Å². The van der Waals surface area contributed by atoms with Crippen molar-refractivity contribution in [3.63, 3.8) is 0 Å². The number of hydrogen-bond donors (Lipinski definition) is 0. The predicted octanol–water partition coefficient (Wildman–Crippen LogP) is 12.9. The van der Waals surface area contributed by atoms with E-state index in [1.807, 2.05) is 83.4 Å². The van der Waals surface area contributed by atoms with Crippen LogP contribution >= 0.6 is 0 Å². The third-order valence-electron chi connectivity index (χ3n) is 10.3. The van der Waals surface area contributed by atoms with E-state index in [0.717, 1.165) is 56.6 Å². The molecule has 7 aromatic carbocycles. The van der Waals surface area contributed by atoms with Gasteiger partial charge in [-0.2, -0.15) is 0 Å². The summed E-state index contributed by atoms with van der Waals surface area (Å²) in [5.74, 6) is 0.930. The number of imidazole rings is 1. The smallest absolute Gasteiger partial charge is 0.269 e. The van der Waals surface area contributed by atoms with E-state index in [1.54, 1.807) is 22.9 Å². The fraction of sp³-hybridized carbons (Fsp3) is 0.0943. The van der Waals surface area contributed by atoms with E-state index in [2.05, 4.69) is 86.3 Å². The van der Waals surface area contributed by atoms with Crippen LogP contribution in [0.15, 0.2) is 188 Å². The third kappa shape index (κ3) is 6.50. The van der Waals surface area contributed by atoms with Crippen molar-refractivity contribution in [3.05, 3.63) is 200 Å². The molecule has 0 fully saturated rings. The highest BCUT2D eigenvalue weighted by molar-refractivity contribution is 6.09. The van der Waals surface area contributed by atoms with E-state index in [0.29, 0.717) is 17.1 Å². The van der Waals surface area contributed by atoms with Gasteiger partial charge in [-0.1, -0.05) is 148 Å². The molecule has 5 nitrogen and oxygen atoms in total. The summed E-state index contributed by atoms with van der Waals surface area (Å²) >= 11 is 0. The molecular formula is C53H42N4O. The van der Waals surface area contributed by atoms with Gasteiger partial charge in [-0.15, -0.1) is 0 Å². The van der Waals surface area contributed by atoms with Crippen molar-refractivity contribution in [2.24, 2.45) is 5.41 Å². The fourth-order valence-corrected chi connectivity index (χ4v) is 7.88. The minimum absolute atomic E-state index is 0.0322. The molecule has 0 bridgehead atoms. The molecule has 10 rings (SSSR count). The van der Waals surface area contributed by atoms with Gasteiger partial charge in [-0.25, -0.2) is 4.98 Å². The van der Waals surface area contributed by atoms with Gasteiger partial charge in [0.1, 0.15) is 17.3 Å². The summed E-state index contributed by atoms with van der Waals surface area (Å²) < 4.78 is 66.1. The first-order valence-electron chi connectivity index (χ1n) is 22.4. The van der Waals surface area contributed by atoms with Crippen molar-refractivity contribution >= 4 is 32.8 Å². The zero-order valence-electron chi connectivity index (χ0n) is 38.3. The summed E-state index contributed by atoms with van der Waals surface area (Å²) in [7, 11) is 0. The fourth-order valence-electron chi connectivity index (χ4n) is 7.88. The molecule has 5 heteroatoms. The Morgan fingerprint density at radius 2 is 1.33 bits per heavy atom. The molecule has 0 saturated carbocycles. The molecule has 58 heavy (non-hydrogen) atoms. The van der Waals surface area contributed by atoms with Gasteiger partial charge in [0.05, 0.1) is 41.7 Å². The number of pyridine rings is 1. The Morgan fingerprint density at radius 1 is 0.638 bits per heavy atom. The minimum atomic E-state index is -0.412. The normalized spacial score (nSPS) is 13.2. The van der Waals surface area contributed by atoms with Crippen molar-refractivity contribution in [1.82, 2.24) is 14.1 Å². The molecule has 3 heterocycles. The molecule has 3 aromatic heterocycles. The molecule has 0 aliphatic rings. The second-order valence-electron chi connectivity index (χ2n) is 15.6. The largest absolute Gasteiger partial charge is 0.458 e. The Hall–Kier alpha value is -7.24. The maximum Gasteiger partial charge on any atom is 0.269 e. The molecule has 0 saturated heterocycles. The monoisotopic (exact) mass is 756 g/mol. The van der Waals surface area contributed by atoms with Crippen LogP contribution in [-0.2, 0) is 6.42 Å². The van der Waals surface area contributed by atoms with E-state index in [-0.39, 0.29) is 51.6 Å². The highest BCUT2D eigenvalue weighted by atomic mass is 16.5. The molecule has 0 atom stereocenters. The number of para-hydroxylation sites is 4. The van der Waals surface area contributed by atoms with Gasteiger partial charge in [0, 0.05) is 23.0 Å². The van der Waals surface area contributed by atoms with Crippen molar-refractivity contribution in [1.29, 1.82) is 0 Å². The van der Waals surface area contributed by atoms with Crippen LogP contribution in [0.25, 0.3) is 72.3 Å². The van der Waals surface area contributed by atoms with Gasteiger partial charge in [-0.3, -0.25) is 13.7 Å². The number of rotatable bonds is 8. The van der Waals surface area contributed by atoms with Crippen LogP contribution in [0, 0.1) is 11.7 Å². The number of ether oxygens (including phenoxy) is 1. The quantitative estimate of drug-likeness (QED) is 0.114. The Labute approximate surface area is 347 Å². The van der Waals surface area contributed by atoms with Crippen molar-refractivity contribution in [2.45, 2.75) is 27.2 Å². The first-order chi connectivity index (χ1) is 30.9. The maximum absolute atomic E-state index is 9.35. The lowest BCUT2D eigenvalue weighted by molar-refractivity contribution is -0.571. The lowest BCUT2D eigenvalue weighted by atomic mass is 9.88. The number of aromatic nitrogens is 4. The van der Waals surface area contributed by atoms with Crippen LogP contribution in [0.4, 0.5) is 0 Å². The molecular weight excluding hydrogens is 709 g/mol. The minimum Gasteiger partial charge on any atom is -0.458 e. The molecule has 0 N–H and O–H groups in total. The summed E-state index contributed by atoms with van der Waals surface area (Å²) in [6.07, 6.45) is 6.12. The lowest BCUT2D eigenvalue weighted by Gasteiger charge is -2.18. The molecule has 0 unspecified atom stereocenters. The summed E-state index contributed by atoms with van der Waals surface area (Å²) in [6.45, 7) is 6.43. The third-order valence-corrected chi connectivity index (χ3v) is 10.3. The van der Waals surface area contributed by atoms with Gasteiger partial charge >= 0.3 is 0 Å². The molecule has 0 aliphatic carbocycles. The van der Waals surface area contributed by atoms with Crippen molar-refractivity contribution < 1.29 is 17.5 Å². The van der Waals surface area contributed by atoms with Crippen molar-refractivity contribution in [2.75, 3.05) is 0 Å². The van der Waals surface area contributed by atoms with E-state index in [9.17, 15) is 2.74 Å². The molecule has 0 aliphatic heterocycles. The summed E-state index contributed by atoms with van der Waals surface area (Å²) in [6, 6.07) is 46.4. The summed E-state index contributed by atoms with van der Waals surface area (Å²) in [4.78, 5) is 4.69. The SMILES string of the molecule is [2H]c1c(Oc2cccc(-n3[c-][n+](-c4c(-c5ccccc5)cccc4-c4ccccc4)c4ccccc43)c2)cc2c(c1[2H])c1c([2H])c([2H])c([2H])c([2H])c1n2-c1cc(CC(C)(C)C)ccn1. The number of fused-ring (bicyclic) bond motifs is 4. The van der Waals surface area contributed by atoms with Crippen LogP contribution in [0.5, 0.6) is 11.5 Å². The second kappa shape index (κ2) is 14.4. The van der Waals surface area contributed by atoms with Crippen LogP contribution in [-0.4, -0.2) is 14.1 Å². The average molecular weight is 757 g/mol. The van der Waals surface area contributed by atoms with Crippen molar-refractivity contribution in [3.8, 4) is 50.9 Å². The van der Waals surface area contributed by atoms with Gasteiger partial charge in [0.15, 0.2) is 0 Å². The molecule has 0 amide bonds. The van der Waals surface area contributed by atoms with Crippen LogP contribution in [0.2, 0.25) is 0 Å². The zero-order chi connectivity index (χ0) is 44.4. The van der Waals surface area contributed by atoms with Crippen LogP contribution in [0.1, 0.15) is 34.6 Å². The number of hydrogen-bond acceptors (Lipinski definition) is 2. The van der Waals surface area contributed by atoms with E-state index in [4.69, 9.17) is 15.2 Å². The standard InChI is InChI=1S/C53H42N4O/c1-53(2,3)35-37-30-31-54-51(32-37)57-47-25-11-10-22-45(47)46-29-28-42(34-50(46)57)58-41-21-14-20-40(33-41)55-36-56(49-27-13-12-26-48(49)55)52-43(38-16-6-4-7-17-38)23-15-24-44(52)39-18-8-5-9-19-39/h4-34H,35H2,1-3H3/i10D,11D,22D,25D,28D,29D. The average Bonchev–Trinajstić information content (AvgIpc) is 3.86. The van der Waals surface area contributed by atoms with E-state index < -0.39 is 12.1 Å². The molecule has 280 valence electrons. The Kier molecular flexibility index (Phi) is 7.20. The maximum atomic E-state index is 9.35. The first-order valence-corrected chi connectivity index (χ1v) is 19.4. The van der Waals surface area contributed by atoms with Gasteiger partial charge in [0.2, 0.25) is 0 Å². The Morgan fingerprint density at radius 3 is 2.09 bits per heavy atom.